The van der Waals surface area contributed by atoms with E-state index in [0.717, 1.165) is 39.0 Å². The third-order valence-electron chi connectivity index (χ3n) is 6.04. The summed E-state index contributed by atoms with van der Waals surface area (Å²) in [6, 6.07) is 28.1. The summed E-state index contributed by atoms with van der Waals surface area (Å²) in [5, 5.41) is 8.20. The van der Waals surface area contributed by atoms with Crippen molar-refractivity contribution >= 4 is 40.1 Å². The van der Waals surface area contributed by atoms with Gasteiger partial charge in [-0.2, -0.15) is 0 Å². The Morgan fingerprint density at radius 1 is 1.03 bits per heavy atom. The number of nitrogens with one attached hydrogen (secondary N) is 2. The van der Waals surface area contributed by atoms with Crippen LogP contribution in [0, 0.1) is 0 Å². The molecule has 0 unspecified atom stereocenters. The fourth-order valence-corrected chi connectivity index (χ4v) is 4.24. The number of carbonyl (C=O) groups excluding carboxylic acids is 1. The molecule has 5 nitrogen and oxygen atoms in total. The van der Waals surface area contributed by atoms with E-state index >= 15 is 0 Å². The third kappa shape index (κ3) is 6.07. The van der Waals surface area contributed by atoms with Crippen LogP contribution in [0.15, 0.2) is 84.9 Å². The highest BCUT2D eigenvalue weighted by Crippen LogP contribution is 2.23. The molecule has 0 bridgehead atoms. The van der Waals surface area contributed by atoms with Gasteiger partial charge in [0.15, 0.2) is 0 Å². The maximum Gasteiger partial charge on any atom is 0.221 e. The number of hydrogen-bond donors (Lipinski definition) is 2. The van der Waals surface area contributed by atoms with Gasteiger partial charge in [-0.25, -0.2) is 4.98 Å². The van der Waals surface area contributed by atoms with Crippen molar-refractivity contribution in [3.05, 3.63) is 107 Å². The SMILES string of the molecule is O=C1C[C@H](NC/C(=C/c2ccc(Cl)cc2)c2ccc(OCc3ccc4ccccc4n3)cc2)CN1. The number of rotatable bonds is 8. The number of halogens is 1. The molecule has 2 heterocycles. The van der Waals surface area contributed by atoms with Gasteiger partial charge in [-0.05, 0) is 59.2 Å². The Labute approximate surface area is 209 Å². The fourth-order valence-electron chi connectivity index (χ4n) is 4.11. The number of hydrogen-bond acceptors (Lipinski definition) is 4. The molecule has 3 aromatic carbocycles. The van der Waals surface area contributed by atoms with Crippen LogP contribution in [0.4, 0.5) is 0 Å². The number of para-hydroxylation sites is 1. The lowest BCUT2D eigenvalue weighted by Crippen LogP contribution is -2.32. The van der Waals surface area contributed by atoms with Crippen LogP contribution in [0.1, 0.15) is 23.2 Å². The fraction of sp³-hybridized carbons (Fsp3) is 0.172. The smallest absolute Gasteiger partial charge is 0.221 e. The summed E-state index contributed by atoms with van der Waals surface area (Å²) in [4.78, 5) is 16.2. The minimum atomic E-state index is 0.0909. The van der Waals surface area contributed by atoms with E-state index in [1.165, 1.54) is 0 Å². The Kier molecular flexibility index (Phi) is 7.07. The van der Waals surface area contributed by atoms with E-state index in [9.17, 15) is 4.79 Å². The van der Waals surface area contributed by atoms with Gasteiger partial charge >= 0.3 is 0 Å². The van der Waals surface area contributed by atoms with E-state index in [-0.39, 0.29) is 11.9 Å². The summed E-state index contributed by atoms with van der Waals surface area (Å²) in [5.74, 6) is 0.876. The molecule has 6 heteroatoms. The van der Waals surface area contributed by atoms with Crippen LogP contribution in [0.5, 0.6) is 5.75 Å². The van der Waals surface area contributed by atoms with Crippen LogP contribution in [-0.4, -0.2) is 30.0 Å². The second kappa shape index (κ2) is 10.7. The number of benzene rings is 3. The van der Waals surface area contributed by atoms with Gasteiger partial charge < -0.3 is 15.4 Å². The molecule has 176 valence electrons. The predicted molar refractivity (Wildman–Crippen MR) is 141 cm³/mol. The first-order valence-electron chi connectivity index (χ1n) is 11.7. The van der Waals surface area contributed by atoms with E-state index in [0.29, 0.717) is 31.1 Å². The van der Waals surface area contributed by atoms with Crippen LogP contribution in [0.25, 0.3) is 22.6 Å². The molecule has 5 rings (SSSR count). The first-order valence-corrected chi connectivity index (χ1v) is 12.0. The number of pyridine rings is 1. The molecule has 1 aromatic heterocycles. The highest BCUT2D eigenvalue weighted by atomic mass is 35.5. The van der Waals surface area contributed by atoms with Crippen LogP contribution < -0.4 is 15.4 Å². The molecule has 1 fully saturated rings. The van der Waals surface area contributed by atoms with Crippen LogP contribution in [0.2, 0.25) is 5.02 Å². The van der Waals surface area contributed by atoms with Crippen molar-refractivity contribution in [2.45, 2.75) is 19.1 Å². The second-order valence-electron chi connectivity index (χ2n) is 8.62. The van der Waals surface area contributed by atoms with Gasteiger partial charge in [-0.15, -0.1) is 0 Å². The van der Waals surface area contributed by atoms with Crippen molar-refractivity contribution in [3.8, 4) is 5.75 Å². The lowest BCUT2D eigenvalue weighted by molar-refractivity contribution is -0.119. The molecule has 0 aliphatic carbocycles. The number of nitrogens with zero attached hydrogens (tertiary/aromatic N) is 1. The van der Waals surface area contributed by atoms with Crippen LogP contribution in [0.3, 0.4) is 0 Å². The summed E-state index contributed by atoms with van der Waals surface area (Å²) >= 11 is 6.06. The first kappa shape index (κ1) is 23.1. The third-order valence-corrected chi connectivity index (χ3v) is 6.29. The normalized spacial score (nSPS) is 15.9. The zero-order chi connectivity index (χ0) is 24.0. The highest BCUT2D eigenvalue weighted by Gasteiger charge is 2.21. The highest BCUT2D eigenvalue weighted by molar-refractivity contribution is 6.30. The molecule has 0 saturated carbocycles. The molecule has 1 amide bonds. The molecule has 35 heavy (non-hydrogen) atoms. The van der Waals surface area contributed by atoms with Crippen molar-refractivity contribution in [1.82, 2.24) is 15.6 Å². The number of ether oxygens (including phenoxy) is 1. The quantitative estimate of drug-likeness (QED) is 0.325. The Balaban J connectivity index is 1.29. The summed E-state index contributed by atoms with van der Waals surface area (Å²) in [7, 11) is 0. The largest absolute Gasteiger partial charge is 0.487 e. The maximum atomic E-state index is 11.6. The molecule has 0 spiro atoms. The standard InChI is InChI=1S/C29H26ClN3O2/c30-24-10-5-20(6-11-24)15-23(17-31-26-16-29(34)32-18-26)21-8-13-27(14-9-21)35-19-25-12-7-22-3-1-2-4-28(22)33-25/h1-15,26,31H,16-19H2,(H,32,34)/b23-15-/t26-/m0/s1. The lowest BCUT2D eigenvalue weighted by Gasteiger charge is -2.15. The molecule has 1 aliphatic heterocycles. The summed E-state index contributed by atoms with van der Waals surface area (Å²) in [6.45, 7) is 1.70. The minimum Gasteiger partial charge on any atom is -0.487 e. The van der Waals surface area contributed by atoms with E-state index < -0.39 is 0 Å². The monoisotopic (exact) mass is 483 g/mol. The predicted octanol–water partition coefficient (Wildman–Crippen LogP) is 5.49. The van der Waals surface area contributed by atoms with Gasteiger partial charge in [0, 0.05) is 36.0 Å². The van der Waals surface area contributed by atoms with E-state index in [1.807, 2.05) is 60.7 Å². The second-order valence-corrected chi connectivity index (χ2v) is 9.05. The van der Waals surface area contributed by atoms with Crippen molar-refractivity contribution in [3.63, 3.8) is 0 Å². The number of fused-ring (bicyclic) bond motifs is 1. The molecule has 1 saturated heterocycles. The molecule has 1 aliphatic rings. The molecule has 2 N–H and O–H groups in total. The van der Waals surface area contributed by atoms with Gasteiger partial charge in [0.1, 0.15) is 12.4 Å². The summed E-state index contributed by atoms with van der Waals surface area (Å²) in [6.07, 6.45) is 2.65. The topological polar surface area (TPSA) is 63.2 Å². The Morgan fingerprint density at radius 3 is 2.60 bits per heavy atom. The number of carbonyl (C=O) groups is 1. The van der Waals surface area contributed by atoms with E-state index in [4.69, 9.17) is 16.3 Å². The molecular formula is C29H26ClN3O2. The Hall–Kier alpha value is -3.67. The average Bonchev–Trinajstić information content (AvgIpc) is 3.31. The molecule has 4 aromatic rings. The van der Waals surface area contributed by atoms with Gasteiger partial charge in [0.05, 0.1) is 11.2 Å². The van der Waals surface area contributed by atoms with Crippen molar-refractivity contribution in [2.24, 2.45) is 0 Å². The van der Waals surface area contributed by atoms with Gasteiger partial charge in [-0.1, -0.05) is 60.1 Å². The lowest BCUT2D eigenvalue weighted by atomic mass is 10.0. The van der Waals surface area contributed by atoms with Crippen molar-refractivity contribution < 1.29 is 9.53 Å². The summed E-state index contributed by atoms with van der Waals surface area (Å²) in [5.41, 5.74) is 5.12. The maximum absolute atomic E-state index is 11.6. The Morgan fingerprint density at radius 2 is 1.83 bits per heavy atom. The molecular weight excluding hydrogens is 458 g/mol. The van der Waals surface area contributed by atoms with Crippen LogP contribution in [-0.2, 0) is 11.4 Å². The van der Waals surface area contributed by atoms with Crippen molar-refractivity contribution in [1.29, 1.82) is 0 Å². The average molecular weight is 484 g/mol. The van der Waals surface area contributed by atoms with E-state index in [1.54, 1.807) is 0 Å². The minimum absolute atomic E-state index is 0.0909. The Bertz CT molecular complexity index is 1350. The first-order chi connectivity index (χ1) is 17.1. The number of aromatic nitrogens is 1. The van der Waals surface area contributed by atoms with Crippen LogP contribution >= 0.6 is 11.6 Å². The number of amides is 1. The molecule has 0 radical (unpaired) electrons. The van der Waals surface area contributed by atoms with Gasteiger partial charge in [0.2, 0.25) is 5.91 Å². The zero-order valence-electron chi connectivity index (χ0n) is 19.2. The zero-order valence-corrected chi connectivity index (χ0v) is 20.0. The summed E-state index contributed by atoms with van der Waals surface area (Å²) < 4.78 is 6.00. The van der Waals surface area contributed by atoms with Gasteiger partial charge in [0.25, 0.3) is 0 Å². The molecule has 1 atom stereocenters. The van der Waals surface area contributed by atoms with E-state index in [2.05, 4.69) is 46.0 Å². The van der Waals surface area contributed by atoms with Crippen molar-refractivity contribution in [2.75, 3.05) is 13.1 Å². The van der Waals surface area contributed by atoms with Gasteiger partial charge in [-0.3, -0.25) is 4.79 Å².